The molecule has 7 nitrogen and oxygen atoms in total. The molecule has 0 atom stereocenters. The molecule has 7 heteroatoms. The van der Waals surface area contributed by atoms with Gasteiger partial charge in [0.1, 0.15) is 18.1 Å². The smallest absolute Gasteiger partial charge is 0.279 e. The van der Waals surface area contributed by atoms with E-state index in [4.69, 9.17) is 9.26 Å². The van der Waals surface area contributed by atoms with Crippen LogP contribution < -0.4 is 10.1 Å². The maximum absolute atomic E-state index is 12.7. The lowest BCUT2D eigenvalue weighted by atomic mass is 10.2. The highest BCUT2D eigenvalue weighted by atomic mass is 16.5. The zero-order valence-corrected chi connectivity index (χ0v) is 16.1. The lowest BCUT2D eigenvalue weighted by Crippen LogP contribution is -2.16. The van der Waals surface area contributed by atoms with E-state index in [0.717, 1.165) is 30.0 Å². The van der Waals surface area contributed by atoms with Crippen molar-refractivity contribution in [3.8, 4) is 5.75 Å². The first-order valence-electron chi connectivity index (χ1n) is 8.98. The number of ether oxygens (including phenoxy) is 1. The second-order valence-electron chi connectivity index (χ2n) is 6.52. The summed E-state index contributed by atoms with van der Waals surface area (Å²) < 4.78 is 12.9. The van der Waals surface area contributed by atoms with Crippen LogP contribution in [0, 0.1) is 20.8 Å². The van der Waals surface area contributed by atoms with Crippen LogP contribution in [0.2, 0.25) is 0 Å². The van der Waals surface area contributed by atoms with Crippen molar-refractivity contribution in [3.05, 3.63) is 58.6 Å². The standard InChI is InChI=1S/C20H24N4O3/c1-5-9-24-14(3)11-18(22-24)21-20(25)19-17(15(4)27-23-19)12-26-16-8-6-7-13(2)10-16/h6-8,10-11H,5,9,12H2,1-4H3,(H,21,22,25). The number of nitrogens with zero attached hydrogens (tertiary/aromatic N) is 3. The molecule has 0 radical (unpaired) electrons. The van der Waals surface area contributed by atoms with Crippen LogP contribution in [0.1, 0.15) is 46.4 Å². The van der Waals surface area contributed by atoms with E-state index in [0.29, 0.717) is 17.1 Å². The maximum Gasteiger partial charge on any atom is 0.279 e. The lowest BCUT2D eigenvalue weighted by molar-refractivity contribution is 0.101. The Labute approximate surface area is 158 Å². The van der Waals surface area contributed by atoms with Crippen LogP contribution in [0.25, 0.3) is 0 Å². The molecule has 1 amide bonds. The Morgan fingerprint density at radius 2 is 2.07 bits per heavy atom. The Morgan fingerprint density at radius 3 is 2.81 bits per heavy atom. The van der Waals surface area contributed by atoms with Gasteiger partial charge >= 0.3 is 0 Å². The van der Waals surface area contributed by atoms with Crippen molar-refractivity contribution in [3.63, 3.8) is 0 Å². The maximum atomic E-state index is 12.7. The molecule has 0 fully saturated rings. The highest BCUT2D eigenvalue weighted by Gasteiger charge is 2.21. The van der Waals surface area contributed by atoms with Crippen LogP contribution in [0.15, 0.2) is 34.9 Å². The third kappa shape index (κ3) is 4.36. The lowest BCUT2D eigenvalue weighted by Gasteiger charge is -2.07. The monoisotopic (exact) mass is 368 g/mol. The van der Waals surface area contributed by atoms with Gasteiger partial charge in [-0.05, 0) is 44.9 Å². The minimum Gasteiger partial charge on any atom is -0.489 e. The summed E-state index contributed by atoms with van der Waals surface area (Å²) in [5, 5.41) is 11.1. The summed E-state index contributed by atoms with van der Waals surface area (Å²) in [4.78, 5) is 12.7. The van der Waals surface area contributed by atoms with Crippen molar-refractivity contribution in [1.82, 2.24) is 14.9 Å². The molecule has 0 bridgehead atoms. The minimum atomic E-state index is -0.365. The Balaban J connectivity index is 1.73. The van der Waals surface area contributed by atoms with Crippen LogP contribution in [0.4, 0.5) is 5.82 Å². The molecule has 0 aliphatic carbocycles. The van der Waals surface area contributed by atoms with Gasteiger partial charge in [0.05, 0.1) is 5.56 Å². The van der Waals surface area contributed by atoms with E-state index in [9.17, 15) is 4.79 Å². The van der Waals surface area contributed by atoms with Gasteiger partial charge in [0.2, 0.25) is 0 Å². The van der Waals surface area contributed by atoms with Crippen molar-refractivity contribution >= 4 is 11.7 Å². The molecular formula is C20H24N4O3. The van der Waals surface area contributed by atoms with E-state index < -0.39 is 0 Å². The third-order valence-corrected chi connectivity index (χ3v) is 4.23. The topological polar surface area (TPSA) is 82.2 Å². The van der Waals surface area contributed by atoms with Crippen molar-refractivity contribution in [2.45, 2.75) is 47.3 Å². The number of hydrogen-bond donors (Lipinski definition) is 1. The molecule has 3 aromatic rings. The molecule has 0 spiro atoms. The number of nitrogens with one attached hydrogen (secondary N) is 1. The van der Waals surface area contributed by atoms with Gasteiger partial charge in [-0.2, -0.15) is 5.10 Å². The molecule has 2 heterocycles. The number of aryl methyl sites for hydroxylation is 4. The quantitative estimate of drug-likeness (QED) is 0.681. The van der Waals surface area contributed by atoms with E-state index in [1.165, 1.54) is 0 Å². The molecule has 0 saturated heterocycles. The van der Waals surface area contributed by atoms with Crippen LogP contribution in [-0.2, 0) is 13.2 Å². The summed E-state index contributed by atoms with van der Waals surface area (Å²) in [7, 11) is 0. The van der Waals surface area contributed by atoms with E-state index >= 15 is 0 Å². The van der Waals surface area contributed by atoms with Gasteiger partial charge in [0.15, 0.2) is 11.5 Å². The van der Waals surface area contributed by atoms with E-state index in [2.05, 4.69) is 22.5 Å². The highest BCUT2D eigenvalue weighted by molar-refractivity contribution is 6.03. The summed E-state index contributed by atoms with van der Waals surface area (Å²) in [6.07, 6.45) is 0.971. The Hall–Kier alpha value is -3.09. The Kier molecular flexibility index (Phi) is 5.59. The first-order chi connectivity index (χ1) is 13.0. The number of rotatable bonds is 7. The zero-order valence-electron chi connectivity index (χ0n) is 16.1. The van der Waals surface area contributed by atoms with Gasteiger partial charge in [-0.25, -0.2) is 0 Å². The zero-order chi connectivity index (χ0) is 19.4. The molecule has 0 saturated carbocycles. The van der Waals surface area contributed by atoms with Gasteiger partial charge in [-0.3, -0.25) is 9.48 Å². The van der Waals surface area contributed by atoms with Crippen molar-refractivity contribution in [2.75, 3.05) is 5.32 Å². The van der Waals surface area contributed by atoms with Crippen molar-refractivity contribution in [1.29, 1.82) is 0 Å². The first kappa shape index (κ1) is 18.7. The third-order valence-electron chi connectivity index (χ3n) is 4.23. The molecule has 0 unspecified atom stereocenters. The molecule has 1 aromatic carbocycles. The number of amides is 1. The first-order valence-corrected chi connectivity index (χ1v) is 8.98. The van der Waals surface area contributed by atoms with Gasteiger partial charge in [-0.1, -0.05) is 24.2 Å². The predicted molar refractivity (Wildman–Crippen MR) is 102 cm³/mol. The van der Waals surface area contributed by atoms with Gasteiger partial charge in [0, 0.05) is 18.3 Å². The molecule has 3 rings (SSSR count). The number of carbonyl (C=O) groups excluding carboxylic acids is 1. The molecule has 1 N–H and O–H groups in total. The number of anilines is 1. The average Bonchev–Trinajstić information content (AvgIpc) is 3.16. The summed E-state index contributed by atoms with van der Waals surface area (Å²) in [6.45, 7) is 8.80. The van der Waals surface area contributed by atoms with Crippen LogP contribution in [0.5, 0.6) is 5.75 Å². The predicted octanol–water partition coefficient (Wildman–Crippen LogP) is 4.04. The molecule has 27 heavy (non-hydrogen) atoms. The van der Waals surface area contributed by atoms with E-state index in [-0.39, 0.29) is 18.2 Å². The number of hydrogen-bond acceptors (Lipinski definition) is 5. The normalized spacial score (nSPS) is 10.8. The van der Waals surface area contributed by atoms with Gasteiger partial charge < -0.3 is 14.6 Å². The average molecular weight is 368 g/mol. The summed E-state index contributed by atoms with van der Waals surface area (Å²) >= 11 is 0. The summed E-state index contributed by atoms with van der Waals surface area (Å²) in [6, 6.07) is 9.57. The highest BCUT2D eigenvalue weighted by Crippen LogP contribution is 2.20. The largest absolute Gasteiger partial charge is 0.489 e. The molecule has 142 valence electrons. The van der Waals surface area contributed by atoms with Crippen molar-refractivity contribution in [2.24, 2.45) is 0 Å². The fourth-order valence-corrected chi connectivity index (χ4v) is 2.79. The summed E-state index contributed by atoms with van der Waals surface area (Å²) in [5.41, 5.74) is 2.93. The fourth-order valence-electron chi connectivity index (χ4n) is 2.79. The minimum absolute atomic E-state index is 0.199. The molecule has 2 aromatic heterocycles. The van der Waals surface area contributed by atoms with Gasteiger partial charge in [-0.15, -0.1) is 0 Å². The Bertz CT molecular complexity index is 943. The molecule has 0 aliphatic heterocycles. The second-order valence-corrected chi connectivity index (χ2v) is 6.52. The van der Waals surface area contributed by atoms with Crippen LogP contribution >= 0.6 is 0 Å². The van der Waals surface area contributed by atoms with Crippen LogP contribution in [-0.4, -0.2) is 20.8 Å². The SMILES string of the molecule is CCCn1nc(NC(=O)c2noc(C)c2COc2cccc(C)c2)cc1C. The number of carbonyl (C=O) groups is 1. The molecular weight excluding hydrogens is 344 g/mol. The summed E-state index contributed by atoms with van der Waals surface area (Å²) in [5.74, 6) is 1.42. The number of aromatic nitrogens is 3. The van der Waals surface area contributed by atoms with E-state index in [1.807, 2.05) is 48.9 Å². The van der Waals surface area contributed by atoms with Crippen molar-refractivity contribution < 1.29 is 14.1 Å². The fraction of sp³-hybridized carbons (Fsp3) is 0.350. The van der Waals surface area contributed by atoms with Gasteiger partial charge in [0.25, 0.3) is 5.91 Å². The molecule has 0 aliphatic rings. The number of benzene rings is 1. The van der Waals surface area contributed by atoms with E-state index in [1.54, 1.807) is 6.92 Å². The second kappa shape index (κ2) is 8.07. The van der Waals surface area contributed by atoms with Crippen LogP contribution in [0.3, 0.4) is 0 Å². The Morgan fingerprint density at radius 1 is 1.26 bits per heavy atom.